The van der Waals surface area contributed by atoms with Gasteiger partial charge in [0.2, 0.25) is 0 Å². The number of anilines is 2. The van der Waals surface area contributed by atoms with E-state index in [2.05, 4.69) is 60.4 Å². The lowest BCUT2D eigenvalue weighted by Gasteiger charge is -2.16. The van der Waals surface area contributed by atoms with Crippen LogP contribution in [-0.2, 0) is 9.31 Å². The molecule has 3 aromatic rings. The van der Waals surface area contributed by atoms with Gasteiger partial charge in [0.25, 0.3) is 0 Å². The first-order chi connectivity index (χ1) is 13.0. The summed E-state index contributed by atoms with van der Waals surface area (Å²) in [6.45, 7) is 7.90. The summed E-state index contributed by atoms with van der Waals surface area (Å²) in [4.78, 5) is 0. The molecule has 1 heterocycles. The van der Waals surface area contributed by atoms with Gasteiger partial charge in [-0.1, -0.05) is 67.2 Å². The molecule has 1 fully saturated rings. The Morgan fingerprint density at radius 3 is 2.11 bits per heavy atom. The van der Waals surface area contributed by atoms with Crippen molar-refractivity contribution < 1.29 is 9.31 Å². The average molecular weight is 355 g/mol. The molecule has 0 atom stereocenters. The van der Waals surface area contributed by atoms with Gasteiger partial charge in [-0.2, -0.15) is 0 Å². The smallest absolute Gasteiger partial charge is 0.534 e. The number of para-hydroxylation sites is 1. The number of rotatable bonds is 4. The molecule has 1 saturated heterocycles. The van der Waals surface area contributed by atoms with Gasteiger partial charge >= 0.3 is 7.12 Å². The molecule has 0 aromatic heterocycles. The Kier molecular flexibility index (Phi) is 4.50. The molecule has 1 aliphatic rings. The zero-order valence-electron chi connectivity index (χ0n) is 15.6. The highest BCUT2D eigenvalue weighted by atomic mass is 16.7. The van der Waals surface area contributed by atoms with E-state index in [0.29, 0.717) is 5.76 Å². The van der Waals surface area contributed by atoms with Crippen LogP contribution in [-0.4, -0.2) is 12.7 Å². The maximum Gasteiger partial charge on any atom is 0.565 e. The Balaban J connectivity index is 1.56. The molecule has 0 amide bonds. The Morgan fingerprint density at radius 1 is 0.815 bits per heavy atom. The quantitative estimate of drug-likeness (QED) is 0.658. The van der Waals surface area contributed by atoms with Gasteiger partial charge in [-0.15, -0.1) is 0 Å². The van der Waals surface area contributed by atoms with E-state index in [9.17, 15) is 0 Å². The van der Waals surface area contributed by atoms with Gasteiger partial charge in [-0.3, -0.25) is 0 Å². The molecule has 134 valence electrons. The van der Waals surface area contributed by atoms with Gasteiger partial charge in [-0.25, -0.2) is 0 Å². The molecule has 3 nitrogen and oxygen atoms in total. The van der Waals surface area contributed by atoms with Crippen molar-refractivity contribution in [2.75, 3.05) is 5.32 Å². The van der Waals surface area contributed by atoms with Gasteiger partial charge in [0.1, 0.15) is 5.60 Å². The molecule has 0 aliphatic carbocycles. The maximum absolute atomic E-state index is 6.04. The highest BCUT2D eigenvalue weighted by molar-refractivity contribution is 6.64. The minimum atomic E-state index is -0.491. The molecule has 1 N–H and O–H groups in total. The van der Waals surface area contributed by atoms with Crippen LogP contribution in [0.25, 0.3) is 11.1 Å². The molecule has 3 aromatic carbocycles. The van der Waals surface area contributed by atoms with E-state index in [4.69, 9.17) is 9.31 Å². The number of benzene rings is 3. The van der Waals surface area contributed by atoms with Crippen molar-refractivity contribution in [1.82, 2.24) is 0 Å². The van der Waals surface area contributed by atoms with Crippen LogP contribution in [0.2, 0.25) is 0 Å². The van der Waals surface area contributed by atoms with Crippen LogP contribution in [0.1, 0.15) is 13.8 Å². The van der Waals surface area contributed by atoms with Crippen molar-refractivity contribution in [3.05, 3.63) is 91.2 Å². The minimum absolute atomic E-state index is 0.459. The highest BCUT2D eigenvalue weighted by Crippen LogP contribution is 2.30. The van der Waals surface area contributed by atoms with Crippen molar-refractivity contribution in [2.45, 2.75) is 19.4 Å². The molecule has 0 bridgehead atoms. The largest absolute Gasteiger partial charge is 0.565 e. The Morgan fingerprint density at radius 2 is 1.44 bits per heavy atom. The van der Waals surface area contributed by atoms with Gasteiger partial charge in [0.05, 0.1) is 5.76 Å². The SMILES string of the molecule is C=C1OB(c2ccccc2Nc2ccc(-c3ccccc3)cc2)OC1(C)C. The summed E-state index contributed by atoms with van der Waals surface area (Å²) in [5.41, 5.74) is 4.83. The summed E-state index contributed by atoms with van der Waals surface area (Å²) >= 11 is 0. The average Bonchev–Trinajstić information content (AvgIpc) is 2.96. The first-order valence-corrected chi connectivity index (χ1v) is 9.08. The van der Waals surface area contributed by atoms with Crippen molar-refractivity contribution in [1.29, 1.82) is 0 Å². The Labute approximate surface area is 160 Å². The monoisotopic (exact) mass is 355 g/mol. The lowest BCUT2D eigenvalue weighted by molar-refractivity contribution is 0.173. The molecule has 27 heavy (non-hydrogen) atoms. The Bertz CT molecular complexity index is 952. The molecule has 0 saturated carbocycles. The number of nitrogens with one attached hydrogen (secondary N) is 1. The van der Waals surface area contributed by atoms with E-state index in [-0.39, 0.29) is 0 Å². The van der Waals surface area contributed by atoms with Crippen LogP contribution in [0.15, 0.2) is 91.2 Å². The third kappa shape index (κ3) is 3.62. The van der Waals surface area contributed by atoms with Gasteiger partial charge in [0.15, 0.2) is 0 Å². The van der Waals surface area contributed by atoms with Crippen LogP contribution < -0.4 is 10.8 Å². The normalized spacial score (nSPS) is 15.5. The lowest BCUT2D eigenvalue weighted by atomic mass is 9.78. The van der Waals surface area contributed by atoms with Crippen molar-refractivity contribution in [2.24, 2.45) is 0 Å². The fourth-order valence-electron chi connectivity index (χ4n) is 3.10. The molecule has 1 aliphatic heterocycles. The summed E-state index contributed by atoms with van der Waals surface area (Å²) in [7, 11) is -0.459. The van der Waals surface area contributed by atoms with E-state index < -0.39 is 12.7 Å². The second-order valence-electron chi connectivity index (χ2n) is 7.16. The fraction of sp³-hybridized carbons (Fsp3) is 0.130. The van der Waals surface area contributed by atoms with Gasteiger partial charge in [0, 0.05) is 16.8 Å². The number of hydrogen-bond donors (Lipinski definition) is 1. The second kappa shape index (κ2) is 6.97. The van der Waals surface area contributed by atoms with E-state index in [1.165, 1.54) is 11.1 Å². The summed E-state index contributed by atoms with van der Waals surface area (Å²) in [6.07, 6.45) is 0. The van der Waals surface area contributed by atoms with Crippen LogP contribution >= 0.6 is 0 Å². The van der Waals surface area contributed by atoms with E-state index in [0.717, 1.165) is 16.8 Å². The predicted octanol–water partition coefficient (Wildman–Crippen LogP) is 5.13. The lowest BCUT2D eigenvalue weighted by Crippen LogP contribution is -2.35. The summed E-state index contributed by atoms with van der Waals surface area (Å²) < 4.78 is 11.9. The van der Waals surface area contributed by atoms with Crippen LogP contribution in [0.5, 0.6) is 0 Å². The first-order valence-electron chi connectivity index (χ1n) is 9.08. The Hall–Kier alpha value is -2.98. The first kappa shape index (κ1) is 17.4. The molecular weight excluding hydrogens is 333 g/mol. The van der Waals surface area contributed by atoms with Gasteiger partial charge < -0.3 is 14.6 Å². The highest BCUT2D eigenvalue weighted by Gasteiger charge is 2.43. The third-order valence-corrected chi connectivity index (χ3v) is 4.81. The summed E-state index contributed by atoms with van der Waals surface area (Å²) in [5.74, 6) is 0.648. The van der Waals surface area contributed by atoms with E-state index in [1.54, 1.807) is 0 Å². The van der Waals surface area contributed by atoms with Crippen LogP contribution in [0.3, 0.4) is 0 Å². The number of hydrogen-bond acceptors (Lipinski definition) is 3. The molecular formula is C23H22BNO2. The summed E-state index contributed by atoms with van der Waals surface area (Å²) in [6, 6.07) is 26.8. The van der Waals surface area contributed by atoms with Crippen molar-refractivity contribution in [3.8, 4) is 11.1 Å². The maximum atomic E-state index is 6.04. The zero-order valence-corrected chi connectivity index (χ0v) is 15.6. The molecule has 0 radical (unpaired) electrons. The topological polar surface area (TPSA) is 30.5 Å². The van der Waals surface area contributed by atoms with Crippen molar-refractivity contribution >= 4 is 24.0 Å². The predicted molar refractivity (Wildman–Crippen MR) is 112 cm³/mol. The fourth-order valence-corrected chi connectivity index (χ4v) is 3.10. The molecule has 4 rings (SSSR count). The standard InChI is InChI=1S/C23H22BNO2/c1-17-23(2,3)27-24(26-17)21-11-7-8-12-22(21)25-20-15-13-19(14-16-20)18-9-5-4-6-10-18/h4-16,25H,1H2,2-3H3. The molecule has 4 heteroatoms. The van der Waals surface area contributed by atoms with Gasteiger partial charge in [-0.05, 0) is 43.2 Å². The zero-order chi connectivity index (χ0) is 18.9. The molecule has 0 unspecified atom stereocenters. The second-order valence-corrected chi connectivity index (χ2v) is 7.16. The minimum Gasteiger partial charge on any atom is -0.534 e. The summed E-state index contributed by atoms with van der Waals surface area (Å²) in [5, 5.41) is 3.48. The van der Waals surface area contributed by atoms with E-state index in [1.807, 2.05) is 44.2 Å². The van der Waals surface area contributed by atoms with Crippen LogP contribution in [0.4, 0.5) is 11.4 Å². The van der Waals surface area contributed by atoms with E-state index >= 15 is 0 Å². The van der Waals surface area contributed by atoms with Crippen LogP contribution in [0, 0.1) is 0 Å². The van der Waals surface area contributed by atoms with Crippen molar-refractivity contribution in [3.63, 3.8) is 0 Å². The molecule has 0 spiro atoms. The third-order valence-electron chi connectivity index (χ3n) is 4.81.